The lowest BCUT2D eigenvalue weighted by molar-refractivity contribution is 0.101. The van der Waals surface area contributed by atoms with Gasteiger partial charge >= 0.3 is 0 Å². The van der Waals surface area contributed by atoms with Crippen LogP contribution in [0, 0.1) is 11.3 Å². The zero-order valence-electron chi connectivity index (χ0n) is 12.7. The van der Waals surface area contributed by atoms with Crippen molar-refractivity contribution in [3.63, 3.8) is 0 Å². The zero-order chi connectivity index (χ0) is 13.9. The number of nitrogens with one attached hydrogen (secondary N) is 1. The SMILES string of the molecule is CNCc1cc(CN2CCC(C(C)(C)C)CC2)on1. The summed E-state index contributed by atoms with van der Waals surface area (Å²) in [6, 6.07) is 2.06. The number of piperidine rings is 1. The highest BCUT2D eigenvalue weighted by molar-refractivity contribution is 5.05. The third kappa shape index (κ3) is 4.05. The van der Waals surface area contributed by atoms with Crippen molar-refractivity contribution in [3.8, 4) is 0 Å². The molecule has 0 aromatic carbocycles. The Kier molecular flexibility index (Phi) is 4.63. The van der Waals surface area contributed by atoms with E-state index in [9.17, 15) is 0 Å². The molecule has 0 unspecified atom stereocenters. The smallest absolute Gasteiger partial charge is 0.151 e. The standard InChI is InChI=1S/C15H27N3O/c1-15(2,3)12-5-7-18(8-6-12)11-14-9-13(10-16-4)17-19-14/h9,12,16H,5-8,10-11H2,1-4H3. The number of hydrogen-bond acceptors (Lipinski definition) is 4. The molecular formula is C15H27N3O. The van der Waals surface area contributed by atoms with Crippen LogP contribution in [0.4, 0.5) is 0 Å². The molecule has 1 aromatic rings. The lowest BCUT2D eigenvalue weighted by Gasteiger charge is -2.38. The Hall–Kier alpha value is -0.870. The van der Waals surface area contributed by atoms with Crippen LogP contribution in [0.15, 0.2) is 10.6 Å². The predicted molar refractivity (Wildman–Crippen MR) is 76.7 cm³/mol. The highest BCUT2D eigenvalue weighted by Crippen LogP contribution is 2.34. The molecular weight excluding hydrogens is 238 g/mol. The summed E-state index contributed by atoms with van der Waals surface area (Å²) < 4.78 is 5.38. The first-order valence-corrected chi connectivity index (χ1v) is 7.30. The van der Waals surface area contributed by atoms with E-state index >= 15 is 0 Å². The van der Waals surface area contributed by atoms with E-state index in [2.05, 4.69) is 42.2 Å². The minimum absolute atomic E-state index is 0.443. The van der Waals surface area contributed by atoms with E-state index in [1.807, 2.05) is 7.05 Å². The molecule has 0 aliphatic carbocycles. The molecule has 0 bridgehead atoms. The molecule has 2 heterocycles. The molecule has 0 saturated carbocycles. The molecule has 0 spiro atoms. The van der Waals surface area contributed by atoms with Crippen molar-refractivity contribution in [1.82, 2.24) is 15.4 Å². The van der Waals surface area contributed by atoms with E-state index in [1.165, 1.54) is 25.9 Å². The van der Waals surface area contributed by atoms with Gasteiger partial charge in [0.25, 0.3) is 0 Å². The fraction of sp³-hybridized carbons (Fsp3) is 0.800. The van der Waals surface area contributed by atoms with Gasteiger partial charge in [-0.05, 0) is 44.3 Å². The average Bonchev–Trinajstić information content (AvgIpc) is 2.77. The number of rotatable bonds is 4. The Balaban J connectivity index is 1.82. The van der Waals surface area contributed by atoms with Gasteiger partial charge < -0.3 is 9.84 Å². The summed E-state index contributed by atoms with van der Waals surface area (Å²) in [5, 5.41) is 7.15. The van der Waals surface area contributed by atoms with E-state index in [0.29, 0.717) is 5.41 Å². The first-order valence-electron chi connectivity index (χ1n) is 7.30. The van der Waals surface area contributed by atoms with Gasteiger partial charge in [-0.1, -0.05) is 25.9 Å². The number of hydrogen-bond donors (Lipinski definition) is 1. The molecule has 1 aliphatic heterocycles. The van der Waals surface area contributed by atoms with Gasteiger partial charge in [-0.25, -0.2) is 0 Å². The maximum absolute atomic E-state index is 5.38. The maximum atomic E-state index is 5.38. The van der Waals surface area contributed by atoms with Gasteiger partial charge in [0.1, 0.15) is 0 Å². The van der Waals surface area contributed by atoms with E-state index in [-0.39, 0.29) is 0 Å². The molecule has 0 amide bonds. The van der Waals surface area contributed by atoms with Crippen molar-refractivity contribution in [3.05, 3.63) is 17.5 Å². The Morgan fingerprint density at radius 1 is 1.37 bits per heavy atom. The Morgan fingerprint density at radius 2 is 2.05 bits per heavy atom. The summed E-state index contributed by atoms with van der Waals surface area (Å²) in [7, 11) is 1.92. The van der Waals surface area contributed by atoms with Crippen molar-refractivity contribution >= 4 is 0 Å². The van der Waals surface area contributed by atoms with Crippen molar-refractivity contribution in [1.29, 1.82) is 0 Å². The van der Waals surface area contributed by atoms with Crippen LogP contribution in [-0.2, 0) is 13.1 Å². The minimum atomic E-state index is 0.443. The first-order chi connectivity index (χ1) is 8.99. The second-order valence-electron chi connectivity index (χ2n) is 6.73. The van der Waals surface area contributed by atoms with Crippen molar-refractivity contribution < 1.29 is 4.52 Å². The zero-order valence-corrected chi connectivity index (χ0v) is 12.7. The maximum Gasteiger partial charge on any atom is 0.151 e. The number of nitrogens with zero attached hydrogens (tertiary/aromatic N) is 2. The summed E-state index contributed by atoms with van der Waals surface area (Å²) in [6.45, 7) is 11.1. The molecule has 1 saturated heterocycles. The topological polar surface area (TPSA) is 41.3 Å². The van der Waals surface area contributed by atoms with Crippen LogP contribution in [0.25, 0.3) is 0 Å². The quantitative estimate of drug-likeness (QED) is 0.908. The molecule has 4 nitrogen and oxygen atoms in total. The molecule has 1 N–H and O–H groups in total. The summed E-state index contributed by atoms with van der Waals surface area (Å²) in [4.78, 5) is 2.48. The Morgan fingerprint density at radius 3 is 2.63 bits per heavy atom. The highest BCUT2D eigenvalue weighted by atomic mass is 16.5. The second kappa shape index (κ2) is 6.06. The predicted octanol–water partition coefficient (Wildman–Crippen LogP) is 2.65. The van der Waals surface area contributed by atoms with Gasteiger partial charge in [-0.3, -0.25) is 4.90 Å². The molecule has 1 fully saturated rings. The van der Waals surface area contributed by atoms with Crippen molar-refractivity contribution in [2.24, 2.45) is 11.3 Å². The Labute approximate surface area is 116 Å². The van der Waals surface area contributed by atoms with E-state index in [4.69, 9.17) is 4.52 Å². The Bertz CT molecular complexity index is 386. The summed E-state index contributed by atoms with van der Waals surface area (Å²) in [5.74, 6) is 1.83. The molecule has 108 valence electrons. The lowest BCUT2D eigenvalue weighted by Crippen LogP contribution is -2.37. The van der Waals surface area contributed by atoms with Gasteiger partial charge in [0, 0.05) is 12.6 Å². The fourth-order valence-electron chi connectivity index (χ4n) is 2.87. The number of likely N-dealkylation sites (tertiary alicyclic amines) is 1. The largest absolute Gasteiger partial charge is 0.360 e. The summed E-state index contributed by atoms with van der Waals surface area (Å²) >= 11 is 0. The van der Waals surface area contributed by atoms with E-state index in [1.54, 1.807) is 0 Å². The van der Waals surface area contributed by atoms with Gasteiger partial charge in [-0.2, -0.15) is 0 Å². The average molecular weight is 265 g/mol. The minimum Gasteiger partial charge on any atom is -0.360 e. The van der Waals surface area contributed by atoms with E-state index < -0.39 is 0 Å². The van der Waals surface area contributed by atoms with Crippen LogP contribution in [0.3, 0.4) is 0 Å². The van der Waals surface area contributed by atoms with Crippen LogP contribution in [0.2, 0.25) is 0 Å². The number of aromatic nitrogens is 1. The van der Waals surface area contributed by atoms with Crippen LogP contribution in [0.5, 0.6) is 0 Å². The van der Waals surface area contributed by atoms with Crippen molar-refractivity contribution in [2.75, 3.05) is 20.1 Å². The summed E-state index contributed by atoms with van der Waals surface area (Å²) in [6.07, 6.45) is 2.59. The fourth-order valence-corrected chi connectivity index (χ4v) is 2.87. The van der Waals surface area contributed by atoms with Gasteiger partial charge in [-0.15, -0.1) is 0 Å². The molecule has 1 aliphatic rings. The van der Waals surface area contributed by atoms with Gasteiger partial charge in [0.2, 0.25) is 0 Å². The first kappa shape index (κ1) is 14.5. The highest BCUT2D eigenvalue weighted by Gasteiger charge is 2.28. The molecule has 0 atom stereocenters. The molecule has 0 radical (unpaired) electrons. The molecule has 2 rings (SSSR count). The molecule has 19 heavy (non-hydrogen) atoms. The molecule has 4 heteroatoms. The second-order valence-corrected chi connectivity index (χ2v) is 6.73. The lowest BCUT2D eigenvalue weighted by atomic mass is 9.75. The van der Waals surface area contributed by atoms with Crippen molar-refractivity contribution in [2.45, 2.75) is 46.7 Å². The third-order valence-electron chi connectivity index (χ3n) is 4.16. The third-order valence-corrected chi connectivity index (χ3v) is 4.16. The van der Waals surface area contributed by atoms with Crippen LogP contribution in [-0.4, -0.2) is 30.2 Å². The van der Waals surface area contributed by atoms with Crippen LogP contribution in [0.1, 0.15) is 45.1 Å². The van der Waals surface area contributed by atoms with Gasteiger partial charge in [0.05, 0.1) is 12.2 Å². The normalized spacial score (nSPS) is 18.9. The van der Waals surface area contributed by atoms with Crippen LogP contribution >= 0.6 is 0 Å². The molecule has 1 aromatic heterocycles. The van der Waals surface area contributed by atoms with Crippen LogP contribution < -0.4 is 5.32 Å². The summed E-state index contributed by atoms with van der Waals surface area (Å²) in [5.41, 5.74) is 1.43. The monoisotopic (exact) mass is 265 g/mol. The van der Waals surface area contributed by atoms with Gasteiger partial charge in [0.15, 0.2) is 5.76 Å². The van der Waals surface area contributed by atoms with E-state index in [0.717, 1.165) is 30.5 Å².